The molecule has 2 aromatic heterocycles. The maximum absolute atomic E-state index is 13.0. The SMILES string of the molecule is C[C@@H](O)c1nnc(C[C@H]2C[C@H](NC(=O)c3cc(-c4ccc(F)cc4)no3)C2)o1. The lowest BCUT2D eigenvalue weighted by molar-refractivity contribution is 0.0848. The predicted molar refractivity (Wildman–Crippen MR) is 94.5 cm³/mol. The minimum absolute atomic E-state index is 0.0380. The van der Waals surface area contributed by atoms with Crippen molar-refractivity contribution in [3.8, 4) is 11.3 Å². The van der Waals surface area contributed by atoms with E-state index in [0.29, 0.717) is 29.5 Å². The first kappa shape index (κ1) is 18.3. The molecule has 0 saturated heterocycles. The lowest BCUT2D eigenvalue weighted by Crippen LogP contribution is -2.44. The second-order valence-electron chi connectivity index (χ2n) is 7.01. The summed E-state index contributed by atoms with van der Waals surface area (Å²) in [5, 5.41) is 23.9. The van der Waals surface area contributed by atoms with Crippen LogP contribution in [0.4, 0.5) is 4.39 Å². The van der Waals surface area contributed by atoms with Crippen molar-refractivity contribution in [2.45, 2.75) is 38.3 Å². The molecule has 0 radical (unpaired) electrons. The van der Waals surface area contributed by atoms with Crippen molar-refractivity contribution in [1.82, 2.24) is 20.7 Å². The fourth-order valence-electron chi connectivity index (χ4n) is 3.18. The fourth-order valence-corrected chi connectivity index (χ4v) is 3.18. The van der Waals surface area contributed by atoms with Gasteiger partial charge in [-0.05, 0) is 49.9 Å². The molecule has 1 aromatic carbocycles. The van der Waals surface area contributed by atoms with Gasteiger partial charge in [-0.2, -0.15) is 0 Å². The standard InChI is InChI=1S/C19H19FN4O4/c1-10(25)19-23-22-17(27-19)8-11-6-14(7-11)21-18(26)16-9-15(24-28-16)12-2-4-13(20)5-3-12/h2-5,9-11,14,25H,6-8H2,1H3,(H,21,26)/t10-,11-,14-/m1/s1. The van der Waals surface area contributed by atoms with Crippen LogP contribution in [0.15, 0.2) is 39.3 Å². The van der Waals surface area contributed by atoms with Crippen molar-refractivity contribution < 1.29 is 23.2 Å². The Hall–Kier alpha value is -3.07. The van der Waals surface area contributed by atoms with Crippen molar-refractivity contribution in [3.05, 3.63) is 53.7 Å². The predicted octanol–water partition coefficient (Wildman–Crippen LogP) is 2.67. The topological polar surface area (TPSA) is 114 Å². The van der Waals surface area contributed by atoms with Crippen LogP contribution in [0.3, 0.4) is 0 Å². The zero-order valence-electron chi connectivity index (χ0n) is 15.1. The van der Waals surface area contributed by atoms with Crippen LogP contribution >= 0.6 is 0 Å². The van der Waals surface area contributed by atoms with Crippen molar-refractivity contribution >= 4 is 5.91 Å². The second kappa shape index (κ2) is 7.51. The Kier molecular flexibility index (Phi) is 4.91. The Bertz CT molecular complexity index is 960. The minimum Gasteiger partial charge on any atom is -0.422 e. The van der Waals surface area contributed by atoms with Gasteiger partial charge in [0, 0.05) is 24.1 Å². The smallest absolute Gasteiger partial charge is 0.290 e. The first-order valence-electron chi connectivity index (χ1n) is 9.02. The molecule has 3 aromatic rings. The van der Waals surface area contributed by atoms with E-state index in [0.717, 1.165) is 12.8 Å². The lowest BCUT2D eigenvalue weighted by Gasteiger charge is -2.34. The Morgan fingerprint density at radius 3 is 2.75 bits per heavy atom. The van der Waals surface area contributed by atoms with Gasteiger partial charge in [0.15, 0.2) is 0 Å². The van der Waals surface area contributed by atoms with E-state index in [4.69, 9.17) is 8.94 Å². The Balaban J connectivity index is 1.28. The maximum Gasteiger partial charge on any atom is 0.290 e. The van der Waals surface area contributed by atoms with E-state index in [9.17, 15) is 14.3 Å². The molecular formula is C19H19FN4O4. The van der Waals surface area contributed by atoms with Crippen LogP contribution in [-0.2, 0) is 6.42 Å². The first-order valence-corrected chi connectivity index (χ1v) is 9.02. The van der Waals surface area contributed by atoms with Gasteiger partial charge in [-0.1, -0.05) is 5.16 Å². The molecule has 2 heterocycles. The van der Waals surface area contributed by atoms with Crippen LogP contribution in [0.25, 0.3) is 11.3 Å². The minimum atomic E-state index is -0.781. The van der Waals surface area contributed by atoms with Crippen molar-refractivity contribution in [2.75, 3.05) is 0 Å². The molecule has 0 spiro atoms. The van der Waals surface area contributed by atoms with Gasteiger partial charge in [-0.3, -0.25) is 4.79 Å². The molecule has 8 nitrogen and oxygen atoms in total. The van der Waals surface area contributed by atoms with Crippen LogP contribution in [0, 0.1) is 11.7 Å². The number of nitrogens with one attached hydrogen (secondary N) is 1. The van der Waals surface area contributed by atoms with Gasteiger partial charge >= 0.3 is 0 Å². The molecular weight excluding hydrogens is 367 g/mol. The Morgan fingerprint density at radius 2 is 2.07 bits per heavy atom. The summed E-state index contributed by atoms with van der Waals surface area (Å²) in [7, 11) is 0. The number of carbonyl (C=O) groups excluding carboxylic acids is 1. The van der Waals surface area contributed by atoms with Gasteiger partial charge in [0.2, 0.25) is 17.5 Å². The molecule has 28 heavy (non-hydrogen) atoms. The summed E-state index contributed by atoms with van der Waals surface area (Å²) in [4.78, 5) is 12.3. The summed E-state index contributed by atoms with van der Waals surface area (Å²) in [6.07, 6.45) is 1.41. The highest BCUT2D eigenvalue weighted by Gasteiger charge is 2.32. The molecule has 9 heteroatoms. The van der Waals surface area contributed by atoms with E-state index in [2.05, 4.69) is 20.7 Å². The summed E-state index contributed by atoms with van der Waals surface area (Å²) in [6.45, 7) is 1.57. The van der Waals surface area contributed by atoms with Gasteiger partial charge < -0.3 is 19.4 Å². The van der Waals surface area contributed by atoms with E-state index in [1.54, 1.807) is 19.1 Å². The van der Waals surface area contributed by atoms with Crippen LogP contribution in [0.2, 0.25) is 0 Å². The third-order valence-corrected chi connectivity index (χ3v) is 4.75. The average molecular weight is 386 g/mol. The summed E-state index contributed by atoms with van der Waals surface area (Å²) in [5.41, 5.74) is 1.14. The zero-order chi connectivity index (χ0) is 19.7. The van der Waals surface area contributed by atoms with Crippen LogP contribution in [-0.4, -0.2) is 32.4 Å². The van der Waals surface area contributed by atoms with Gasteiger partial charge in [0.25, 0.3) is 5.91 Å². The number of hydrogen-bond donors (Lipinski definition) is 2. The molecule has 1 aliphatic rings. The highest BCUT2D eigenvalue weighted by molar-refractivity contribution is 5.92. The third-order valence-electron chi connectivity index (χ3n) is 4.75. The largest absolute Gasteiger partial charge is 0.422 e. The molecule has 4 rings (SSSR count). The monoisotopic (exact) mass is 386 g/mol. The molecule has 0 bridgehead atoms. The number of aromatic nitrogens is 3. The summed E-state index contributed by atoms with van der Waals surface area (Å²) >= 11 is 0. The molecule has 0 unspecified atom stereocenters. The molecule has 0 aliphatic heterocycles. The number of halogens is 1. The number of rotatable bonds is 6. The quantitative estimate of drug-likeness (QED) is 0.669. The van der Waals surface area contributed by atoms with Crippen LogP contribution in [0.1, 0.15) is 48.2 Å². The molecule has 1 saturated carbocycles. The van der Waals surface area contributed by atoms with Crippen molar-refractivity contribution in [1.29, 1.82) is 0 Å². The third kappa shape index (κ3) is 3.94. The van der Waals surface area contributed by atoms with E-state index >= 15 is 0 Å². The Labute approximate surface area is 159 Å². The van der Waals surface area contributed by atoms with E-state index in [1.165, 1.54) is 18.2 Å². The van der Waals surface area contributed by atoms with Gasteiger partial charge in [-0.15, -0.1) is 10.2 Å². The molecule has 146 valence electrons. The summed E-state index contributed by atoms with van der Waals surface area (Å²) in [6, 6.07) is 7.38. The number of carbonyl (C=O) groups is 1. The van der Waals surface area contributed by atoms with E-state index in [1.807, 2.05) is 0 Å². The van der Waals surface area contributed by atoms with Crippen LogP contribution < -0.4 is 5.32 Å². The number of aliphatic hydroxyl groups excluding tert-OH is 1. The molecule has 2 N–H and O–H groups in total. The Morgan fingerprint density at radius 1 is 1.32 bits per heavy atom. The zero-order valence-corrected chi connectivity index (χ0v) is 15.1. The van der Waals surface area contributed by atoms with E-state index < -0.39 is 6.10 Å². The average Bonchev–Trinajstić information content (AvgIpc) is 3.30. The molecule has 1 aliphatic carbocycles. The second-order valence-corrected chi connectivity index (χ2v) is 7.01. The van der Waals surface area contributed by atoms with Crippen molar-refractivity contribution in [3.63, 3.8) is 0 Å². The number of hydrogen-bond acceptors (Lipinski definition) is 7. The fraction of sp³-hybridized carbons (Fsp3) is 0.368. The molecule has 1 fully saturated rings. The maximum atomic E-state index is 13.0. The van der Waals surface area contributed by atoms with Crippen LogP contribution in [0.5, 0.6) is 0 Å². The normalized spacial score (nSPS) is 19.8. The number of nitrogens with zero attached hydrogens (tertiary/aromatic N) is 3. The van der Waals surface area contributed by atoms with Gasteiger partial charge in [-0.25, -0.2) is 4.39 Å². The summed E-state index contributed by atoms with van der Waals surface area (Å²) in [5.74, 6) is 0.468. The molecule has 1 amide bonds. The lowest BCUT2D eigenvalue weighted by atomic mass is 9.78. The van der Waals surface area contributed by atoms with E-state index in [-0.39, 0.29) is 29.4 Å². The highest BCUT2D eigenvalue weighted by Crippen LogP contribution is 2.31. The van der Waals surface area contributed by atoms with Crippen molar-refractivity contribution in [2.24, 2.45) is 5.92 Å². The van der Waals surface area contributed by atoms with Gasteiger partial charge in [0.1, 0.15) is 17.6 Å². The van der Waals surface area contributed by atoms with Gasteiger partial charge in [0.05, 0.1) is 0 Å². The highest BCUT2D eigenvalue weighted by atomic mass is 19.1. The number of benzene rings is 1. The summed E-state index contributed by atoms with van der Waals surface area (Å²) < 4.78 is 23.5. The molecule has 1 atom stereocenters. The number of aliphatic hydroxyl groups is 1. The number of amides is 1. The first-order chi connectivity index (χ1) is 13.5.